The maximum Gasteiger partial charge on any atom is 0.251 e. The molecule has 1 atom stereocenters. The molecule has 0 radical (unpaired) electrons. The number of carbonyl (C=O) groups is 1. The number of carbonyl (C=O) groups excluding carboxylic acids is 1. The molecule has 1 unspecified atom stereocenters. The Labute approximate surface area is 130 Å². The van der Waals surface area contributed by atoms with Crippen molar-refractivity contribution in [3.63, 3.8) is 0 Å². The molecule has 1 fully saturated rings. The van der Waals surface area contributed by atoms with Crippen LogP contribution in [0.25, 0.3) is 0 Å². The van der Waals surface area contributed by atoms with Crippen molar-refractivity contribution < 1.29 is 18.7 Å². The molecular weight excluding hydrogens is 287 g/mol. The van der Waals surface area contributed by atoms with Crippen molar-refractivity contribution in [2.75, 3.05) is 26.9 Å². The third-order valence-corrected chi connectivity index (χ3v) is 3.72. The highest BCUT2D eigenvalue weighted by atomic mass is 19.1. The van der Waals surface area contributed by atoms with Gasteiger partial charge in [-0.15, -0.1) is 0 Å². The number of ether oxygens (including phenoxy) is 2. The topological polar surface area (TPSA) is 73.6 Å². The SMILES string of the molecule is COCCOCc1cc(C(=O)NCC(N)C2CC2)ccc1F. The molecule has 0 heterocycles. The fourth-order valence-electron chi connectivity index (χ4n) is 2.15. The maximum atomic E-state index is 13.7. The van der Waals surface area contributed by atoms with Crippen molar-refractivity contribution in [1.82, 2.24) is 5.32 Å². The molecular formula is C16H23FN2O3. The third kappa shape index (κ3) is 5.05. The number of hydrogen-bond donors (Lipinski definition) is 2. The molecule has 1 saturated carbocycles. The van der Waals surface area contributed by atoms with Gasteiger partial charge in [-0.3, -0.25) is 4.79 Å². The largest absolute Gasteiger partial charge is 0.382 e. The number of rotatable bonds is 9. The lowest BCUT2D eigenvalue weighted by Crippen LogP contribution is -2.38. The molecule has 0 aromatic heterocycles. The first kappa shape index (κ1) is 16.9. The van der Waals surface area contributed by atoms with Gasteiger partial charge in [0.25, 0.3) is 5.91 Å². The van der Waals surface area contributed by atoms with Crippen LogP contribution in [0.4, 0.5) is 4.39 Å². The van der Waals surface area contributed by atoms with Crippen LogP contribution in [0.5, 0.6) is 0 Å². The maximum absolute atomic E-state index is 13.7. The van der Waals surface area contributed by atoms with E-state index in [1.807, 2.05) is 0 Å². The molecule has 6 heteroatoms. The Balaban J connectivity index is 1.87. The number of hydrogen-bond acceptors (Lipinski definition) is 4. The predicted octanol–water partition coefficient (Wildman–Crippen LogP) is 1.46. The van der Waals surface area contributed by atoms with E-state index in [1.165, 1.54) is 18.2 Å². The Morgan fingerprint density at radius 3 is 2.91 bits per heavy atom. The molecule has 0 bridgehead atoms. The first-order chi connectivity index (χ1) is 10.6. The van der Waals surface area contributed by atoms with Gasteiger partial charge in [-0.1, -0.05) is 0 Å². The van der Waals surface area contributed by atoms with Gasteiger partial charge >= 0.3 is 0 Å². The van der Waals surface area contributed by atoms with Crippen LogP contribution in [0.15, 0.2) is 18.2 Å². The summed E-state index contributed by atoms with van der Waals surface area (Å²) in [5.41, 5.74) is 6.72. The van der Waals surface area contributed by atoms with Crippen molar-refractivity contribution in [3.05, 3.63) is 35.1 Å². The van der Waals surface area contributed by atoms with E-state index in [-0.39, 0.29) is 24.4 Å². The minimum atomic E-state index is -0.386. The Morgan fingerprint density at radius 1 is 1.45 bits per heavy atom. The van der Waals surface area contributed by atoms with Crippen molar-refractivity contribution in [1.29, 1.82) is 0 Å². The van der Waals surface area contributed by atoms with E-state index in [4.69, 9.17) is 15.2 Å². The molecule has 1 aliphatic rings. The Morgan fingerprint density at radius 2 is 2.23 bits per heavy atom. The fraction of sp³-hybridized carbons (Fsp3) is 0.562. The molecule has 1 aliphatic carbocycles. The van der Waals surface area contributed by atoms with E-state index in [0.717, 1.165) is 12.8 Å². The Kier molecular flexibility index (Phi) is 6.30. The van der Waals surface area contributed by atoms with Crippen LogP contribution in [0.1, 0.15) is 28.8 Å². The molecule has 122 valence electrons. The minimum absolute atomic E-state index is 0.00115. The van der Waals surface area contributed by atoms with Gasteiger partial charge in [-0.25, -0.2) is 4.39 Å². The lowest BCUT2D eigenvalue weighted by Gasteiger charge is -2.12. The lowest BCUT2D eigenvalue weighted by molar-refractivity contribution is 0.0604. The van der Waals surface area contributed by atoms with E-state index in [1.54, 1.807) is 7.11 Å². The first-order valence-corrected chi connectivity index (χ1v) is 7.50. The number of amides is 1. The van der Waals surface area contributed by atoms with Gasteiger partial charge in [0.05, 0.1) is 19.8 Å². The second-order valence-electron chi connectivity index (χ2n) is 5.56. The van der Waals surface area contributed by atoms with E-state index >= 15 is 0 Å². The van der Waals surface area contributed by atoms with Gasteiger partial charge in [-0.2, -0.15) is 0 Å². The van der Waals surface area contributed by atoms with Crippen LogP contribution < -0.4 is 11.1 Å². The van der Waals surface area contributed by atoms with Crippen LogP contribution in [-0.2, 0) is 16.1 Å². The van der Waals surface area contributed by atoms with Crippen LogP contribution in [0.2, 0.25) is 0 Å². The minimum Gasteiger partial charge on any atom is -0.382 e. The smallest absolute Gasteiger partial charge is 0.251 e. The molecule has 5 nitrogen and oxygen atoms in total. The molecule has 3 N–H and O–H groups in total. The van der Waals surface area contributed by atoms with Gasteiger partial charge in [-0.05, 0) is 37.0 Å². The summed E-state index contributed by atoms with van der Waals surface area (Å²) in [6.07, 6.45) is 2.27. The average Bonchev–Trinajstić information content (AvgIpc) is 3.35. The molecule has 0 spiro atoms. The molecule has 1 amide bonds. The predicted molar refractivity (Wildman–Crippen MR) is 81.0 cm³/mol. The highest BCUT2D eigenvalue weighted by molar-refractivity contribution is 5.94. The number of nitrogens with two attached hydrogens (primary N) is 1. The monoisotopic (exact) mass is 310 g/mol. The van der Waals surface area contributed by atoms with Gasteiger partial charge < -0.3 is 20.5 Å². The van der Waals surface area contributed by atoms with E-state index < -0.39 is 0 Å². The highest BCUT2D eigenvalue weighted by Gasteiger charge is 2.28. The molecule has 2 rings (SSSR count). The second-order valence-corrected chi connectivity index (χ2v) is 5.56. The molecule has 22 heavy (non-hydrogen) atoms. The molecule has 1 aromatic carbocycles. The summed E-state index contributed by atoms with van der Waals surface area (Å²) in [5.74, 6) is -0.101. The van der Waals surface area contributed by atoms with Crippen LogP contribution in [0, 0.1) is 11.7 Å². The van der Waals surface area contributed by atoms with E-state index in [0.29, 0.717) is 36.8 Å². The van der Waals surface area contributed by atoms with Crippen molar-refractivity contribution in [2.24, 2.45) is 11.7 Å². The summed E-state index contributed by atoms with van der Waals surface area (Å²) < 4.78 is 23.9. The number of methoxy groups -OCH3 is 1. The van der Waals surface area contributed by atoms with E-state index in [9.17, 15) is 9.18 Å². The first-order valence-electron chi connectivity index (χ1n) is 7.50. The van der Waals surface area contributed by atoms with Gasteiger partial charge in [0.1, 0.15) is 5.82 Å². The third-order valence-electron chi connectivity index (χ3n) is 3.72. The standard InChI is InChI=1S/C16H23FN2O3/c1-21-6-7-22-10-13-8-12(4-5-14(13)17)16(20)19-9-15(18)11-2-3-11/h4-5,8,11,15H,2-3,6-7,9-10,18H2,1H3,(H,19,20). The molecule has 1 aromatic rings. The number of benzene rings is 1. The summed E-state index contributed by atoms with van der Waals surface area (Å²) in [4.78, 5) is 12.1. The summed E-state index contributed by atoms with van der Waals surface area (Å²) in [6, 6.07) is 4.26. The molecule has 0 saturated heterocycles. The zero-order valence-corrected chi connectivity index (χ0v) is 12.8. The number of nitrogens with one attached hydrogen (secondary N) is 1. The van der Waals surface area contributed by atoms with Crippen molar-refractivity contribution in [2.45, 2.75) is 25.5 Å². The zero-order valence-electron chi connectivity index (χ0n) is 12.8. The van der Waals surface area contributed by atoms with Crippen LogP contribution >= 0.6 is 0 Å². The van der Waals surface area contributed by atoms with Crippen LogP contribution in [-0.4, -0.2) is 38.8 Å². The normalized spacial score (nSPS) is 15.6. The highest BCUT2D eigenvalue weighted by Crippen LogP contribution is 2.31. The zero-order chi connectivity index (χ0) is 15.9. The van der Waals surface area contributed by atoms with Gasteiger partial charge in [0.15, 0.2) is 0 Å². The summed E-state index contributed by atoms with van der Waals surface area (Å²) in [6.45, 7) is 1.38. The second kappa shape index (κ2) is 8.22. The van der Waals surface area contributed by atoms with Gasteiger partial charge in [0.2, 0.25) is 0 Å². The Hall–Kier alpha value is -1.50. The molecule has 0 aliphatic heterocycles. The Bertz CT molecular complexity index is 506. The lowest BCUT2D eigenvalue weighted by atomic mass is 10.1. The van der Waals surface area contributed by atoms with Crippen molar-refractivity contribution >= 4 is 5.91 Å². The summed E-state index contributed by atoms with van der Waals surface area (Å²) in [7, 11) is 1.57. The van der Waals surface area contributed by atoms with Gasteiger partial charge in [0, 0.05) is 30.8 Å². The fourth-order valence-corrected chi connectivity index (χ4v) is 2.15. The number of halogens is 1. The quantitative estimate of drug-likeness (QED) is 0.677. The summed E-state index contributed by atoms with van der Waals surface area (Å²) in [5, 5.41) is 2.80. The van der Waals surface area contributed by atoms with Crippen LogP contribution in [0.3, 0.4) is 0 Å². The van der Waals surface area contributed by atoms with Crippen molar-refractivity contribution in [3.8, 4) is 0 Å². The van der Waals surface area contributed by atoms with E-state index in [2.05, 4.69) is 5.32 Å². The average molecular weight is 310 g/mol. The summed E-state index contributed by atoms with van der Waals surface area (Å²) >= 11 is 0.